The van der Waals surface area contributed by atoms with Crippen LogP contribution in [-0.4, -0.2) is 11.1 Å². The fourth-order valence-electron chi connectivity index (χ4n) is 5.46. The number of hydrogen-bond acceptors (Lipinski definition) is 1. The first kappa shape index (κ1) is 19.2. The van der Waals surface area contributed by atoms with E-state index in [9.17, 15) is 9.90 Å². The highest BCUT2D eigenvalue weighted by Crippen LogP contribution is 2.45. The number of carboxylic acids is 1. The van der Waals surface area contributed by atoms with Gasteiger partial charge in [-0.3, -0.25) is 4.79 Å². The summed E-state index contributed by atoms with van der Waals surface area (Å²) in [6.07, 6.45) is 12.4. The molecule has 0 amide bonds. The molecule has 0 bridgehead atoms. The van der Waals surface area contributed by atoms with E-state index in [0.717, 1.165) is 30.6 Å². The Kier molecular flexibility index (Phi) is 6.56. The first-order valence-corrected chi connectivity index (χ1v) is 10.5. The normalized spacial score (nSPS) is 30.5. The van der Waals surface area contributed by atoms with Crippen LogP contribution in [-0.2, 0) is 4.79 Å². The molecule has 2 aliphatic rings. The maximum Gasteiger partial charge on any atom is 0.307 e. The minimum atomic E-state index is -0.632. The fourth-order valence-corrected chi connectivity index (χ4v) is 5.46. The maximum absolute atomic E-state index is 11.5. The molecule has 0 saturated heterocycles. The van der Waals surface area contributed by atoms with E-state index < -0.39 is 5.97 Å². The molecule has 0 heterocycles. The third-order valence-corrected chi connectivity index (χ3v) is 7.11. The van der Waals surface area contributed by atoms with Crippen LogP contribution in [0, 0.1) is 30.6 Å². The van der Waals surface area contributed by atoms with Gasteiger partial charge >= 0.3 is 5.97 Å². The lowest BCUT2D eigenvalue weighted by Gasteiger charge is -2.39. The predicted molar refractivity (Wildman–Crippen MR) is 107 cm³/mol. The van der Waals surface area contributed by atoms with Crippen LogP contribution in [0.4, 0.5) is 0 Å². The van der Waals surface area contributed by atoms with Crippen molar-refractivity contribution in [1.82, 2.24) is 0 Å². The smallest absolute Gasteiger partial charge is 0.307 e. The van der Waals surface area contributed by atoms with Crippen LogP contribution in [0.15, 0.2) is 36.9 Å². The molecule has 3 rings (SSSR count). The van der Waals surface area contributed by atoms with Crippen molar-refractivity contribution in [2.75, 3.05) is 0 Å². The van der Waals surface area contributed by atoms with Gasteiger partial charge in [0.2, 0.25) is 0 Å². The summed E-state index contributed by atoms with van der Waals surface area (Å²) >= 11 is 0. The lowest BCUT2D eigenvalue weighted by Crippen LogP contribution is -2.30. The predicted octanol–water partition coefficient (Wildman–Crippen LogP) is 6.35. The second kappa shape index (κ2) is 8.88. The summed E-state index contributed by atoms with van der Waals surface area (Å²) in [5.74, 6) is 1.93. The van der Waals surface area contributed by atoms with Crippen molar-refractivity contribution in [2.45, 2.75) is 70.6 Å². The Hall–Kier alpha value is -1.57. The van der Waals surface area contributed by atoms with E-state index in [-0.39, 0.29) is 5.92 Å². The van der Waals surface area contributed by atoms with Gasteiger partial charge in [0.15, 0.2) is 0 Å². The Morgan fingerprint density at radius 2 is 1.58 bits per heavy atom. The van der Waals surface area contributed by atoms with Crippen LogP contribution in [0.2, 0.25) is 0 Å². The number of carbonyl (C=O) groups is 1. The highest BCUT2D eigenvalue weighted by Gasteiger charge is 2.35. The molecule has 2 nitrogen and oxygen atoms in total. The quantitative estimate of drug-likeness (QED) is 0.604. The number of rotatable bonds is 6. The van der Waals surface area contributed by atoms with Crippen LogP contribution >= 0.6 is 0 Å². The molecule has 0 radical (unpaired) electrons. The second-order valence-corrected chi connectivity index (χ2v) is 8.67. The summed E-state index contributed by atoms with van der Waals surface area (Å²) in [5.41, 5.74) is 2.86. The van der Waals surface area contributed by atoms with Crippen LogP contribution in [0.1, 0.15) is 74.8 Å². The van der Waals surface area contributed by atoms with Crippen LogP contribution in [0.3, 0.4) is 0 Å². The van der Waals surface area contributed by atoms with Crippen molar-refractivity contribution >= 4 is 5.97 Å². The molecule has 1 unspecified atom stereocenters. The topological polar surface area (TPSA) is 37.3 Å². The van der Waals surface area contributed by atoms with Gasteiger partial charge in [-0.1, -0.05) is 35.9 Å². The van der Waals surface area contributed by atoms with Gasteiger partial charge in [-0.15, -0.1) is 6.58 Å². The molecule has 0 spiro atoms. The van der Waals surface area contributed by atoms with Crippen molar-refractivity contribution in [1.29, 1.82) is 0 Å². The Bertz CT molecular complexity index is 587. The van der Waals surface area contributed by atoms with Gasteiger partial charge in [0.05, 0.1) is 5.92 Å². The lowest BCUT2D eigenvalue weighted by molar-refractivity contribution is -0.144. The summed E-state index contributed by atoms with van der Waals surface area (Å²) in [5, 5.41) is 9.48. The number of benzene rings is 1. The average molecular weight is 355 g/mol. The minimum Gasteiger partial charge on any atom is -0.481 e. The molecule has 0 aromatic heterocycles. The summed E-state index contributed by atoms with van der Waals surface area (Å²) in [7, 11) is 0. The highest BCUT2D eigenvalue weighted by atomic mass is 16.4. The first-order valence-electron chi connectivity index (χ1n) is 10.5. The monoisotopic (exact) mass is 354 g/mol. The molecule has 1 aromatic rings. The summed E-state index contributed by atoms with van der Waals surface area (Å²) in [6, 6.07) is 9.12. The van der Waals surface area contributed by atoms with Gasteiger partial charge in [-0.2, -0.15) is 0 Å². The zero-order valence-corrected chi connectivity index (χ0v) is 16.2. The van der Waals surface area contributed by atoms with E-state index >= 15 is 0 Å². The SMILES string of the molecule is C=CCC(C(=O)O)C1CCC(C2CCC(c3ccc(C)cc3)CC2)CC1. The molecule has 2 saturated carbocycles. The summed E-state index contributed by atoms with van der Waals surface area (Å²) < 4.78 is 0. The average Bonchev–Trinajstić information content (AvgIpc) is 2.67. The number of hydrogen-bond donors (Lipinski definition) is 1. The highest BCUT2D eigenvalue weighted by molar-refractivity contribution is 5.70. The summed E-state index contributed by atoms with van der Waals surface area (Å²) in [6.45, 7) is 5.89. The Morgan fingerprint density at radius 3 is 2.08 bits per heavy atom. The molecule has 142 valence electrons. The Balaban J connectivity index is 1.48. The van der Waals surface area contributed by atoms with Gasteiger partial charge in [0.1, 0.15) is 0 Å². The second-order valence-electron chi connectivity index (χ2n) is 8.67. The zero-order valence-electron chi connectivity index (χ0n) is 16.2. The standard InChI is InChI=1S/C24H34O2/c1-3-4-23(24(25)26)22-15-13-21(14-16-22)20-11-9-19(10-12-20)18-7-5-17(2)6-8-18/h3,5-8,19-23H,1,4,9-16H2,2H3,(H,25,26). The molecule has 1 N–H and O–H groups in total. The van der Waals surface area contributed by atoms with Crippen molar-refractivity contribution in [3.05, 3.63) is 48.0 Å². The van der Waals surface area contributed by atoms with Crippen LogP contribution < -0.4 is 0 Å². The van der Waals surface area contributed by atoms with Crippen molar-refractivity contribution < 1.29 is 9.90 Å². The van der Waals surface area contributed by atoms with Crippen molar-refractivity contribution in [3.8, 4) is 0 Å². The van der Waals surface area contributed by atoms with Crippen LogP contribution in [0.5, 0.6) is 0 Å². The zero-order chi connectivity index (χ0) is 18.5. The number of aryl methyl sites for hydroxylation is 1. The molecular formula is C24H34O2. The fraction of sp³-hybridized carbons (Fsp3) is 0.625. The van der Waals surface area contributed by atoms with E-state index in [1.807, 2.05) is 0 Å². The maximum atomic E-state index is 11.5. The van der Waals surface area contributed by atoms with E-state index in [1.54, 1.807) is 6.08 Å². The number of carboxylic acid groups (broad SMARTS) is 1. The summed E-state index contributed by atoms with van der Waals surface area (Å²) in [4.78, 5) is 11.5. The van der Waals surface area contributed by atoms with E-state index in [2.05, 4.69) is 37.8 Å². The Labute approximate surface area is 158 Å². The van der Waals surface area contributed by atoms with Crippen molar-refractivity contribution in [3.63, 3.8) is 0 Å². The molecule has 2 heteroatoms. The Morgan fingerprint density at radius 1 is 1.04 bits per heavy atom. The largest absolute Gasteiger partial charge is 0.481 e. The van der Waals surface area contributed by atoms with Crippen LogP contribution in [0.25, 0.3) is 0 Å². The third-order valence-electron chi connectivity index (χ3n) is 7.11. The lowest BCUT2D eigenvalue weighted by atomic mass is 9.66. The van der Waals surface area contributed by atoms with Gasteiger partial charge in [-0.05, 0) is 93.9 Å². The molecule has 0 aliphatic heterocycles. The number of allylic oxidation sites excluding steroid dienone is 1. The minimum absolute atomic E-state index is 0.217. The molecule has 2 fully saturated rings. The molecule has 1 aromatic carbocycles. The van der Waals surface area contributed by atoms with Gasteiger partial charge in [0, 0.05) is 0 Å². The van der Waals surface area contributed by atoms with Gasteiger partial charge in [0.25, 0.3) is 0 Å². The molecule has 1 atom stereocenters. The van der Waals surface area contributed by atoms with Gasteiger partial charge in [-0.25, -0.2) is 0 Å². The number of aliphatic carboxylic acids is 1. The van der Waals surface area contributed by atoms with E-state index in [0.29, 0.717) is 12.3 Å². The van der Waals surface area contributed by atoms with Crippen molar-refractivity contribution in [2.24, 2.45) is 23.7 Å². The first-order chi connectivity index (χ1) is 12.6. The molecular weight excluding hydrogens is 320 g/mol. The third kappa shape index (κ3) is 4.58. The molecule has 26 heavy (non-hydrogen) atoms. The molecule has 2 aliphatic carbocycles. The van der Waals surface area contributed by atoms with E-state index in [1.165, 1.54) is 49.7 Å². The van der Waals surface area contributed by atoms with Gasteiger partial charge < -0.3 is 5.11 Å². The van der Waals surface area contributed by atoms with E-state index in [4.69, 9.17) is 0 Å².